The van der Waals surface area contributed by atoms with Gasteiger partial charge < -0.3 is 14.5 Å². The van der Waals surface area contributed by atoms with Gasteiger partial charge in [-0.25, -0.2) is 0 Å². The van der Waals surface area contributed by atoms with Gasteiger partial charge in [-0.05, 0) is 63.9 Å². The number of rotatable bonds is 4. The minimum atomic E-state index is 0.207. The quantitative estimate of drug-likeness (QED) is 0.856. The molecule has 0 aromatic heterocycles. The maximum absolute atomic E-state index is 12.9. The van der Waals surface area contributed by atoms with Gasteiger partial charge in [0, 0.05) is 18.5 Å². The van der Waals surface area contributed by atoms with E-state index in [9.17, 15) is 4.79 Å². The maximum atomic E-state index is 12.9. The topological polar surface area (TPSA) is 32.8 Å². The molecule has 1 atom stereocenters. The molecule has 2 aliphatic rings. The Morgan fingerprint density at radius 3 is 2.48 bits per heavy atom. The van der Waals surface area contributed by atoms with Crippen LogP contribution in [0.25, 0.3) is 0 Å². The Bertz CT molecular complexity index is 550. The summed E-state index contributed by atoms with van der Waals surface area (Å²) in [6.07, 6.45) is 3.06. The number of likely N-dealkylation sites (tertiary alicyclic amines) is 2. The molecule has 0 saturated carbocycles. The second kappa shape index (κ2) is 6.91. The smallest absolute Gasteiger partial charge is 0.226 e. The highest BCUT2D eigenvalue weighted by atomic mass is 16.5. The normalized spacial score (nSPS) is 23.0. The molecule has 0 spiro atoms. The maximum Gasteiger partial charge on any atom is 0.226 e. The number of benzene rings is 1. The summed E-state index contributed by atoms with van der Waals surface area (Å²) in [5.41, 5.74) is 1.20. The zero-order chi connectivity index (χ0) is 16.4. The molecule has 2 heterocycles. The van der Waals surface area contributed by atoms with Gasteiger partial charge in [-0.1, -0.05) is 12.1 Å². The summed E-state index contributed by atoms with van der Waals surface area (Å²) < 4.78 is 5.31. The number of amides is 1. The molecule has 2 fully saturated rings. The molecule has 0 bridgehead atoms. The fourth-order valence-electron chi connectivity index (χ4n) is 3.74. The van der Waals surface area contributed by atoms with Crippen molar-refractivity contribution in [2.75, 3.05) is 26.7 Å². The van der Waals surface area contributed by atoms with Gasteiger partial charge in [0.1, 0.15) is 5.75 Å². The van der Waals surface area contributed by atoms with E-state index in [-0.39, 0.29) is 12.0 Å². The summed E-state index contributed by atoms with van der Waals surface area (Å²) in [6.45, 7) is 7.45. The molecule has 2 aliphatic heterocycles. The Hall–Kier alpha value is -1.55. The van der Waals surface area contributed by atoms with Gasteiger partial charge in [0.25, 0.3) is 0 Å². The van der Waals surface area contributed by atoms with E-state index in [1.807, 2.05) is 12.1 Å². The molecule has 1 amide bonds. The fraction of sp³-hybridized carbons (Fsp3) is 0.632. The van der Waals surface area contributed by atoms with Gasteiger partial charge in [-0.3, -0.25) is 4.79 Å². The van der Waals surface area contributed by atoms with E-state index in [1.54, 1.807) is 7.11 Å². The first kappa shape index (κ1) is 16.3. The molecule has 3 rings (SSSR count). The molecule has 0 N–H and O–H groups in total. The Labute approximate surface area is 139 Å². The SMILES string of the molecule is COc1cccc(C2CCN2C(=O)C2CCN(C(C)C)CC2)c1. The van der Waals surface area contributed by atoms with Gasteiger partial charge in [-0.15, -0.1) is 0 Å². The molecule has 126 valence electrons. The highest BCUT2D eigenvalue weighted by Gasteiger charge is 2.38. The van der Waals surface area contributed by atoms with Gasteiger partial charge >= 0.3 is 0 Å². The second-order valence-electron chi connectivity index (χ2n) is 7.02. The third kappa shape index (κ3) is 3.37. The Morgan fingerprint density at radius 1 is 1.17 bits per heavy atom. The van der Waals surface area contributed by atoms with Crippen LogP contribution < -0.4 is 4.74 Å². The van der Waals surface area contributed by atoms with Gasteiger partial charge in [0.15, 0.2) is 0 Å². The van der Waals surface area contributed by atoms with E-state index in [2.05, 4.69) is 35.8 Å². The largest absolute Gasteiger partial charge is 0.497 e. The average Bonchev–Trinajstić information content (AvgIpc) is 2.54. The zero-order valence-electron chi connectivity index (χ0n) is 14.5. The van der Waals surface area contributed by atoms with Crippen molar-refractivity contribution in [2.45, 2.75) is 45.2 Å². The van der Waals surface area contributed by atoms with E-state index in [0.717, 1.165) is 44.6 Å². The lowest BCUT2D eigenvalue weighted by atomic mass is 9.89. The molecule has 1 aromatic carbocycles. The van der Waals surface area contributed by atoms with Crippen molar-refractivity contribution >= 4 is 5.91 Å². The molecule has 0 aliphatic carbocycles. The number of nitrogens with zero attached hydrogens (tertiary/aromatic N) is 2. The van der Waals surface area contributed by atoms with Gasteiger partial charge in [0.05, 0.1) is 13.2 Å². The summed E-state index contributed by atoms with van der Waals surface area (Å²) >= 11 is 0. The molecular weight excluding hydrogens is 288 g/mol. The fourth-order valence-corrected chi connectivity index (χ4v) is 3.74. The summed E-state index contributed by atoms with van der Waals surface area (Å²) in [6, 6.07) is 8.95. The summed E-state index contributed by atoms with van der Waals surface area (Å²) in [7, 11) is 1.69. The first-order valence-corrected chi connectivity index (χ1v) is 8.78. The summed E-state index contributed by atoms with van der Waals surface area (Å²) in [5, 5.41) is 0. The van der Waals surface area contributed by atoms with Crippen molar-refractivity contribution in [1.82, 2.24) is 9.80 Å². The lowest BCUT2D eigenvalue weighted by Gasteiger charge is -2.44. The predicted molar refractivity (Wildman–Crippen MR) is 91.5 cm³/mol. The second-order valence-corrected chi connectivity index (χ2v) is 7.02. The van der Waals surface area contributed by atoms with Crippen molar-refractivity contribution < 1.29 is 9.53 Å². The first-order valence-electron chi connectivity index (χ1n) is 8.78. The van der Waals surface area contributed by atoms with Crippen LogP contribution in [0.2, 0.25) is 0 Å². The van der Waals surface area contributed by atoms with Crippen molar-refractivity contribution in [3.05, 3.63) is 29.8 Å². The summed E-state index contributed by atoms with van der Waals surface area (Å²) in [4.78, 5) is 17.4. The third-order valence-electron chi connectivity index (χ3n) is 5.39. The van der Waals surface area contributed by atoms with Crippen LogP contribution in [0.5, 0.6) is 5.75 Å². The zero-order valence-corrected chi connectivity index (χ0v) is 14.5. The van der Waals surface area contributed by atoms with Crippen LogP contribution in [0.1, 0.15) is 44.7 Å². The lowest BCUT2D eigenvalue weighted by Crippen LogP contribution is -2.50. The molecule has 23 heavy (non-hydrogen) atoms. The minimum absolute atomic E-state index is 0.207. The monoisotopic (exact) mass is 316 g/mol. The number of methoxy groups -OCH3 is 1. The lowest BCUT2D eigenvalue weighted by molar-refractivity contribution is -0.145. The molecule has 2 saturated heterocycles. The number of piperidine rings is 1. The van der Waals surface area contributed by atoms with Gasteiger partial charge in [0.2, 0.25) is 5.91 Å². The average molecular weight is 316 g/mol. The molecular formula is C19H28N2O2. The number of carbonyl (C=O) groups excluding carboxylic acids is 1. The number of carbonyl (C=O) groups is 1. The van der Waals surface area contributed by atoms with Crippen LogP contribution in [0, 0.1) is 5.92 Å². The van der Waals surface area contributed by atoms with Crippen molar-refractivity contribution in [1.29, 1.82) is 0 Å². The van der Waals surface area contributed by atoms with E-state index in [0.29, 0.717) is 11.9 Å². The summed E-state index contributed by atoms with van der Waals surface area (Å²) in [5.74, 6) is 1.43. The Morgan fingerprint density at radius 2 is 1.91 bits per heavy atom. The van der Waals surface area contributed by atoms with E-state index in [4.69, 9.17) is 4.74 Å². The van der Waals surface area contributed by atoms with Crippen LogP contribution in [0.4, 0.5) is 0 Å². The van der Waals surface area contributed by atoms with E-state index in [1.165, 1.54) is 5.56 Å². The number of ether oxygens (including phenoxy) is 1. The highest BCUT2D eigenvalue weighted by Crippen LogP contribution is 2.37. The Kier molecular flexibility index (Phi) is 4.90. The standard InChI is InChI=1S/C19H28N2O2/c1-14(2)20-10-7-15(8-11-20)19(22)21-12-9-18(21)16-5-4-6-17(13-16)23-3/h4-6,13-15,18H,7-12H2,1-3H3. The minimum Gasteiger partial charge on any atom is -0.497 e. The highest BCUT2D eigenvalue weighted by molar-refractivity contribution is 5.80. The van der Waals surface area contributed by atoms with Crippen LogP contribution in [-0.2, 0) is 4.79 Å². The number of hydrogen-bond acceptors (Lipinski definition) is 3. The number of hydrogen-bond donors (Lipinski definition) is 0. The predicted octanol–water partition coefficient (Wildman–Crippen LogP) is 3.09. The van der Waals surface area contributed by atoms with Crippen LogP contribution >= 0.6 is 0 Å². The molecule has 4 heteroatoms. The molecule has 1 unspecified atom stereocenters. The van der Waals surface area contributed by atoms with E-state index >= 15 is 0 Å². The van der Waals surface area contributed by atoms with Gasteiger partial charge in [-0.2, -0.15) is 0 Å². The molecule has 4 nitrogen and oxygen atoms in total. The van der Waals surface area contributed by atoms with Crippen molar-refractivity contribution in [3.8, 4) is 5.75 Å². The third-order valence-corrected chi connectivity index (χ3v) is 5.39. The van der Waals surface area contributed by atoms with Crippen LogP contribution in [-0.4, -0.2) is 48.5 Å². The first-order chi connectivity index (χ1) is 11.1. The van der Waals surface area contributed by atoms with E-state index < -0.39 is 0 Å². The van der Waals surface area contributed by atoms with Crippen molar-refractivity contribution in [2.24, 2.45) is 5.92 Å². The molecule has 0 radical (unpaired) electrons. The van der Waals surface area contributed by atoms with Crippen LogP contribution in [0.15, 0.2) is 24.3 Å². The van der Waals surface area contributed by atoms with Crippen LogP contribution in [0.3, 0.4) is 0 Å². The Balaban J connectivity index is 1.62. The molecule has 1 aromatic rings. The van der Waals surface area contributed by atoms with Crippen molar-refractivity contribution in [3.63, 3.8) is 0 Å².